The van der Waals surface area contributed by atoms with E-state index >= 15 is 0 Å². The van der Waals surface area contributed by atoms with Crippen LogP contribution >= 0.6 is 11.8 Å². The molecule has 0 fully saturated rings. The van der Waals surface area contributed by atoms with E-state index in [0.717, 1.165) is 16.8 Å². The number of methoxy groups -OCH3 is 1. The van der Waals surface area contributed by atoms with Crippen molar-refractivity contribution in [2.24, 2.45) is 0 Å². The number of nitrogens with one attached hydrogen (secondary N) is 1. The number of pyridine rings is 1. The fourth-order valence-electron chi connectivity index (χ4n) is 1.79. The summed E-state index contributed by atoms with van der Waals surface area (Å²) in [4.78, 5) is 11.9. The van der Waals surface area contributed by atoms with Crippen LogP contribution in [0.3, 0.4) is 0 Å². The maximum Gasteiger partial charge on any atom is 0.172 e. The minimum Gasteiger partial charge on any atom is -0.497 e. The third kappa shape index (κ3) is 2.31. The van der Waals surface area contributed by atoms with Crippen LogP contribution in [-0.4, -0.2) is 22.1 Å². The molecular formula is C14H10N4OS. The maximum absolute atomic E-state index is 9.05. The van der Waals surface area contributed by atoms with Crippen LogP contribution in [0, 0.1) is 11.3 Å². The molecule has 2 aromatic heterocycles. The molecule has 6 heteroatoms. The van der Waals surface area contributed by atoms with Crippen molar-refractivity contribution in [3.63, 3.8) is 0 Å². The molecule has 3 rings (SSSR count). The number of nitriles is 1. The van der Waals surface area contributed by atoms with Crippen LogP contribution in [-0.2, 0) is 0 Å². The Balaban J connectivity index is 1.97. The number of rotatable bonds is 3. The Labute approximate surface area is 119 Å². The Morgan fingerprint density at radius 2 is 2.25 bits per heavy atom. The Kier molecular flexibility index (Phi) is 3.27. The summed E-state index contributed by atoms with van der Waals surface area (Å²) in [5.74, 6) is 0.772. The fraction of sp³-hybridized carbons (Fsp3) is 0.0714. The molecule has 0 aliphatic carbocycles. The lowest BCUT2D eigenvalue weighted by Crippen LogP contribution is -1.85. The van der Waals surface area contributed by atoms with E-state index < -0.39 is 0 Å². The van der Waals surface area contributed by atoms with E-state index in [0.29, 0.717) is 15.7 Å². The summed E-state index contributed by atoms with van der Waals surface area (Å²) >= 11 is 1.34. The van der Waals surface area contributed by atoms with Crippen molar-refractivity contribution in [1.29, 1.82) is 5.26 Å². The SMILES string of the molecule is COc1ccc2nc(Sc3ncccc3C#N)[nH]c2c1. The van der Waals surface area contributed by atoms with Gasteiger partial charge in [-0.2, -0.15) is 5.26 Å². The minimum absolute atomic E-state index is 0.538. The quantitative estimate of drug-likeness (QED) is 0.799. The maximum atomic E-state index is 9.05. The zero-order valence-electron chi connectivity index (χ0n) is 10.6. The molecule has 98 valence electrons. The van der Waals surface area contributed by atoms with Gasteiger partial charge in [-0.15, -0.1) is 0 Å². The lowest BCUT2D eigenvalue weighted by Gasteiger charge is -1.98. The van der Waals surface area contributed by atoms with Gasteiger partial charge in [0.25, 0.3) is 0 Å². The number of aromatic amines is 1. The van der Waals surface area contributed by atoms with E-state index in [1.54, 1.807) is 25.4 Å². The summed E-state index contributed by atoms with van der Waals surface area (Å²) in [7, 11) is 1.63. The first kappa shape index (κ1) is 12.5. The van der Waals surface area contributed by atoms with Gasteiger partial charge in [0.2, 0.25) is 0 Å². The van der Waals surface area contributed by atoms with Gasteiger partial charge in [-0.05, 0) is 36.0 Å². The highest BCUT2D eigenvalue weighted by molar-refractivity contribution is 7.99. The molecule has 0 atom stereocenters. The average molecular weight is 282 g/mol. The van der Waals surface area contributed by atoms with Crippen molar-refractivity contribution in [2.45, 2.75) is 10.2 Å². The molecule has 0 saturated carbocycles. The van der Waals surface area contributed by atoms with E-state index in [-0.39, 0.29) is 0 Å². The van der Waals surface area contributed by atoms with Gasteiger partial charge in [0.1, 0.15) is 16.8 Å². The summed E-state index contributed by atoms with van der Waals surface area (Å²) in [6.07, 6.45) is 1.66. The van der Waals surface area contributed by atoms with Gasteiger partial charge in [0.15, 0.2) is 5.16 Å². The van der Waals surface area contributed by atoms with Crippen molar-refractivity contribution in [1.82, 2.24) is 15.0 Å². The summed E-state index contributed by atoms with van der Waals surface area (Å²) < 4.78 is 5.18. The highest BCUT2D eigenvalue weighted by atomic mass is 32.2. The smallest absolute Gasteiger partial charge is 0.172 e. The van der Waals surface area contributed by atoms with Gasteiger partial charge in [-0.3, -0.25) is 0 Å². The Hall–Kier alpha value is -2.52. The van der Waals surface area contributed by atoms with E-state index in [2.05, 4.69) is 21.0 Å². The zero-order valence-corrected chi connectivity index (χ0v) is 11.4. The number of hydrogen-bond acceptors (Lipinski definition) is 5. The molecule has 3 aromatic rings. The monoisotopic (exact) mass is 282 g/mol. The van der Waals surface area contributed by atoms with E-state index in [1.165, 1.54) is 11.8 Å². The van der Waals surface area contributed by atoms with Crippen LogP contribution < -0.4 is 4.74 Å². The number of imidazole rings is 1. The second-order valence-corrected chi connectivity index (χ2v) is 4.97. The molecule has 0 spiro atoms. The highest BCUT2D eigenvalue weighted by Crippen LogP contribution is 2.28. The Bertz CT molecular complexity index is 806. The standard InChI is InChI=1S/C14H10N4OS/c1-19-10-4-5-11-12(7-10)18-14(17-11)20-13-9(8-15)3-2-6-16-13/h2-7H,1H3,(H,17,18). The van der Waals surface area contributed by atoms with Gasteiger partial charge in [0, 0.05) is 12.3 Å². The van der Waals surface area contributed by atoms with Crippen molar-refractivity contribution in [3.8, 4) is 11.8 Å². The fourth-order valence-corrected chi connectivity index (χ4v) is 2.61. The number of hydrogen-bond donors (Lipinski definition) is 1. The van der Waals surface area contributed by atoms with E-state index in [1.807, 2.05) is 18.2 Å². The van der Waals surface area contributed by atoms with Gasteiger partial charge in [-0.25, -0.2) is 9.97 Å². The van der Waals surface area contributed by atoms with Crippen molar-refractivity contribution in [3.05, 3.63) is 42.1 Å². The normalized spacial score (nSPS) is 10.4. The first-order valence-electron chi connectivity index (χ1n) is 5.87. The van der Waals surface area contributed by atoms with E-state index in [9.17, 15) is 0 Å². The summed E-state index contributed by atoms with van der Waals surface area (Å²) in [6.45, 7) is 0. The molecule has 0 aliphatic heterocycles. The topological polar surface area (TPSA) is 74.6 Å². The molecule has 0 amide bonds. The molecule has 0 aliphatic rings. The number of ether oxygens (including phenoxy) is 1. The number of aromatic nitrogens is 3. The zero-order chi connectivity index (χ0) is 13.9. The Morgan fingerprint density at radius 1 is 1.35 bits per heavy atom. The summed E-state index contributed by atoms with van der Waals surface area (Å²) in [5, 5.41) is 10.4. The molecule has 5 nitrogen and oxygen atoms in total. The molecule has 0 bridgehead atoms. The second-order valence-electron chi connectivity index (χ2n) is 4.00. The van der Waals surface area contributed by atoms with Crippen LogP contribution in [0.1, 0.15) is 5.56 Å². The predicted octanol–water partition coefficient (Wildman–Crippen LogP) is 2.99. The molecule has 0 radical (unpaired) electrons. The van der Waals surface area contributed by atoms with Crippen LogP contribution in [0.5, 0.6) is 5.75 Å². The molecule has 1 N–H and O–H groups in total. The molecule has 0 saturated heterocycles. The minimum atomic E-state index is 0.538. The van der Waals surface area contributed by atoms with Gasteiger partial charge in [-0.1, -0.05) is 0 Å². The predicted molar refractivity (Wildman–Crippen MR) is 75.7 cm³/mol. The van der Waals surface area contributed by atoms with Crippen LogP contribution in [0.2, 0.25) is 0 Å². The molecule has 20 heavy (non-hydrogen) atoms. The number of nitrogens with zero attached hydrogens (tertiary/aromatic N) is 3. The molecule has 2 heterocycles. The molecule has 0 unspecified atom stereocenters. The average Bonchev–Trinajstić information content (AvgIpc) is 2.89. The number of H-pyrrole nitrogens is 1. The van der Waals surface area contributed by atoms with Crippen LogP contribution in [0.4, 0.5) is 0 Å². The largest absolute Gasteiger partial charge is 0.497 e. The van der Waals surface area contributed by atoms with Crippen molar-refractivity contribution >= 4 is 22.8 Å². The van der Waals surface area contributed by atoms with Crippen LogP contribution in [0.15, 0.2) is 46.7 Å². The van der Waals surface area contributed by atoms with Gasteiger partial charge in [0.05, 0.1) is 23.7 Å². The lowest BCUT2D eigenvalue weighted by atomic mass is 10.3. The number of fused-ring (bicyclic) bond motifs is 1. The van der Waals surface area contributed by atoms with Crippen LogP contribution in [0.25, 0.3) is 11.0 Å². The lowest BCUT2D eigenvalue weighted by molar-refractivity contribution is 0.415. The first-order chi connectivity index (χ1) is 9.80. The van der Waals surface area contributed by atoms with E-state index in [4.69, 9.17) is 10.00 Å². The second kappa shape index (κ2) is 5.23. The molecule has 1 aromatic carbocycles. The van der Waals surface area contributed by atoms with Gasteiger partial charge < -0.3 is 9.72 Å². The first-order valence-corrected chi connectivity index (χ1v) is 6.68. The van der Waals surface area contributed by atoms with Crippen molar-refractivity contribution in [2.75, 3.05) is 7.11 Å². The third-order valence-electron chi connectivity index (χ3n) is 2.75. The van der Waals surface area contributed by atoms with Gasteiger partial charge >= 0.3 is 0 Å². The highest BCUT2D eigenvalue weighted by Gasteiger charge is 2.09. The summed E-state index contributed by atoms with van der Waals surface area (Å²) in [5.41, 5.74) is 2.28. The van der Waals surface area contributed by atoms with Crippen molar-refractivity contribution < 1.29 is 4.74 Å². The summed E-state index contributed by atoms with van der Waals surface area (Å²) in [6, 6.07) is 11.2. The molecular weight excluding hydrogens is 272 g/mol. The third-order valence-corrected chi connectivity index (χ3v) is 3.66. The number of benzene rings is 1. The Morgan fingerprint density at radius 3 is 3.05 bits per heavy atom.